The van der Waals surface area contributed by atoms with E-state index in [0.717, 1.165) is 23.5 Å². The topological polar surface area (TPSA) is 233 Å². The number of aromatic nitrogens is 10. The Labute approximate surface area is 383 Å². The van der Waals surface area contributed by atoms with Crippen molar-refractivity contribution in [1.29, 1.82) is 0 Å². The number of rotatable bonds is 8. The van der Waals surface area contributed by atoms with Crippen LogP contribution < -0.4 is 0 Å². The van der Waals surface area contributed by atoms with Gasteiger partial charge in [0.15, 0.2) is 29.1 Å². The van der Waals surface area contributed by atoms with Crippen molar-refractivity contribution in [2.24, 2.45) is 5.16 Å². The van der Waals surface area contributed by atoms with Crippen LogP contribution in [0.2, 0.25) is 0 Å². The summed E-state index contributed by atoms with van der Waals surface area (Å²) in [5.74, 6) is -3.53. The number of carbonyl (C=O) groups is 4. The molecule has 2 aliphatic heterocycles. The van der Waals surface area contributed by atoms with Crippen LogP contribution in [0.3, 0.4) is 0 Å². The summed E-state index contributed by atoms with van der Waals surface area (Å²) in [5, 5.41) is 28.0. The number of amides is 2. The maximum atomic E-state index is 14.7. The maximum Gasteiger partial charge on any atom is 0.295 e. The molecule has 0 atom stereocenters. The summed E-state index contributed by atoms with van der Waals surface area (Å²) in [5.41, 5.74) is 2.05. The third kappa shape index (κ3) is 8.57. The van der Waals surface area contributed by atoms with E-state index in [-0.39, 0.29) is 57.7 Å². The number of nitrogens with one attached hydrogen (secondary N) is 2. The van der Waals surface area contributed by atoms with Gasteiger partial charge < -0.3 is 34.8 Å². The van der Waals surface area contributed by atoms with E-state index in [0.29, 0.717) is 50.1 Å². The first-order valence-corrected chi connectivity index (χ1v) is 21.1. The van der Waals surface area contributed by atoms with Crippen molar-refractivity contribution in [3.05, 3.63) is 144 Å². The molecule has 0 bridgehead atoms. The van der Waals surface area contributed by atoms with E-state index in [1.54, 1.807) is 6.20 Å². The number of ketones is 2. The number of H-pyrrole nitrogens is 2. The second-order valence-corrected chi connectivity index (χ2v) is 15.5. The van der Waals surface area contributed by atoms with E-state index in [4.69, 9.17) is 12.2 Å². The van der Waals surface area contributed by atoms with Crippen LogP contribution in [0.25, 0.3) is 33.4 Å². The third-order valence-electron chi connectivity index (χ3n) is 11.3. The predicted molar refractivity (Wildman–Crippen MR) is 240 cm³/mol. The molecule has 6 aromatic heterocycles. The van der Waals surface area contributed by atoms with Crippen LogP contribution in [0, 0.1) is 11.6 Å². The van der Waals surface area contributed by atoms with Gasteiger partial charge in [-0.2, -0.15) is 0 Å². The number of nitrogens with zero attached hydrogens (tertiary/aromatic N) is 13. The van der Waals surface area contributed by atoms with Crippen molar-refractivity contribution in [3.63, 3.8) is 0 Å². The number of pyridine rings is 2. The molecule has 8 heterocycles. The number of carbonyl (C=O) groups excluding carboxylic acids is 4. The first-order chi connectivity index (χ1) is 32.6. The molecule has 10 rings (SSSR count). The molecule has 23 heteroatoms. The Morgan fingerprint density at radius 2 is 1.01 bits per heavy atom. The minimum atomic E-state index is -0.826. The van der Waals surface area contributed by atoms with Crippen LogP contribution in [-0.4, -0.2) is 161 Å². The number of amidine groups is 1. The van der Waals surface area contributed by atoms with E-state index < -0.39 is 35.0 Å². The molecule has 2 saturated heterocycles. The molecule has 0 radical (unpaired) electrons. The van der Waals surface area contributed by atoms with Crippen molar-refractivity contribution in [2.75, 3.05) is 52.4 Å². The summed E-state index contributed by atoms with van der Waals surface area (Å²) in [7, 11) is 0. The second kappa shape index (κ2) is 18.9. The molecular weight excluding hydrogens is 889 g/mol. The number of piperazine rings is 2. The Kier molecular flexibility index (Phi) is 12.3. The number of benzene rings is 2. The number of fused-ring (bicyclic) bond motifs is 2. The van der Waals surface area contributed by atoms with Crippen LogP contribution >= 0.6 is 12.2 Å². The number of thiocarbonyl (C=S) groups is 1. The van der Waals surface area contributed by atoms with Crippen LogP contribution in [0.4, 0.5) is 8.78 Å². The molecule has 0 unspecified atom stereocenters. The van der Waals surface area contributed by atoms with Gasteiger partial charge in [0.25, 0.3) is 23.4 Å². The second-order valence-electron chi connectivity index (χ2n) is 15.1. The normalized spacial score (nSPS) is 14.3. The molecule has 338 valence electrons. The minimum Gasteiger partial charge on any atom is -0.409 e. The largest absolute Gasteiger partial charge is 0.409 e. The van der Waals surface area contributed by atoms with E-state index >= 15 is 0 Å². The van der Waals surface area contributed by atoms with Gasteiger partial charge >= 0.3 is 0 Å². The van der Waals surface area contributed by atoms with E-state index in [2.05, 4.69) is 45.7 Å². The van der Waals surface area contributed by atoms with Gasteiger partial charge in [-0.3, -0.25) is 19.2 Å². The van der Waals surface area contributed by atoms with Crippen molar-refractivity contribution >= 4 is 68.2 Å². The zero-order valence-corrected chi connectivity index (χ0v) is 35.9. The SMILES string of the molecule is O=C(C(=O)N1CCN(C(=NO)c2ccccc2)CC1)c1c[nH]c2c(-n3ccnn3)ncc(F)c12.O=C(C(=O)N1CCN(C(=S)c2ccccc2)CC1)c1c[nH]c2c(-n3ccnn3)ncc(F)c12. The zero-order valence-electron chi connectivity index (χ0n) is 35.1. The van der Waals surface area contributed by atoms with Crippen LogP contribution in [0.15, 0.2) is 115 Å². The van der Waals surface area contributed by atoms with Crippen molar-refractivity contribution in [1.82, 2.24) is 69.5 Å². The minimum absolute atomic E-state index is 0.00209. The Morgan fingerprint density at radius 1 is 0.597 bits per heavy atom. The molecule has 20 nitrogen and oxygen atoms in total. The summed E-state index contributed by atoms with van der Waals surface area (Å²) in [6.45, 7) is 2.93. The average molecular weight is 926 g/mol. The van der Waals surface area contributed by atoms with Gasteiger partial charge in [0.1, 0.15) is 4.99 Å². The lowest BCUT2D eigenvalue weighted by Gasteiger charge is -2.36. The van der Waals surface area contributed by atoms with Crippen molar-refractivity contribution in [3.8, 4) is 11.6 Å². The molecule has 0 aliphatic carbocycles. The summed E-state index contributed by atoms with van der Waals surface area (Å²) in [6, 6.07) is 18.8. The number of aromatic amines is 2. The third-order valence-corrected chi connectivity index (χ3v) is 11.8. The Bertz CT molecular complexity index is 3150. The Balaban J connectivity index is 0.000000168. The van der Waals surface area contributed by atoms with Crippen LogP contribution in [0.1, 0.15) is 31.8 Å². The Hall–Kier alpha value is -8.60. The zero-order chi connectivity index (χ0) is 46.6. The summed E-state index contributed by atoms with van der Waals surface area (Å²) < 4.78 is 32.0. The number of hydrogen-bond acceptors (Lipinski definition) is 13. The highest BCUT2D eigenvalue weighted by Gasteiger charge is 2.33. The monoisotopic (exact) mass is 925 g/mol. The smallest absolute Gasteiger partial charge is 0.295 e. The first kappa shape index (κ1) is 43.6. The maximum absolute atomic E-state index is 14.7. The summed E-state index contributed by atoms with van der Waals surface area (Å²) in [4.78, 5) is 73.2. The number of oxime groups is 1. The molecular formula is C44H37F2N15O5S. The predicted octanol–water partition coefficient (Wildman–Crippen LogP) is 3.43. The van der Waals surface area contributed by atoms with E-state index in [1.807, 2.05) is 70.5 Å². The Morgan fingerprint density at radius 3 is 1.43 bits per heavy atom. The molecule has 8 aromatic rings. The fourth-order valence-corrected chi connectivity index (χ4v) is 8.26. The fourth-order valence-electron chi connectivity index (χ4n) is 7.94. The standard InChI is InChI=1S/C22H19FN8O3.C22H18FN7O2S/c23-16-13-25-21(31-7-6-26-28-31)18-17(16)15(12-24-18)19(32)22(33)30-10-8-29(9-11-30)20(27-34)14-4-2-1-3-5-14;23-16-13-25-20(30-7-6-26-27-30)18-17(16)15(12-24-18)19(31)21(32)28-8-10-29(11-9-28)22(33)14-4-2-1-3-5-14/h1-7,12-13,24,34H,8-11H2;1-7,12-13,24H,8-11H2. The van der Waals surface area contributed by atoms with Crippen LogP contribution in [0.5, 0.6) is 0 Å². The molecule has 2 amide bonds. The van der Waals surface area contributed by atoms with Gasteiger partial charge in [-0.15, -0.1) is 10.2 Å². The number of halogens is 2. The molecule has 2 fully saturated rings. The highest BCUT2D eigenvalue weighted by molar-refractivity contribution is 7.80. The highest BCUT2D eigenvalue weighted by atomic mass is 32.1. The molecule has 0 saturated carbocycles. The average Bonchev–Trinajstić information content (AvgIpc) is 4.24. The molecule has 67 heavy (non-hydrogen) atoms. The number of hydrogen-bond donors (Lipinski definition) is 3. The van der Waals surface area contributed by atoms with Crippen LogP contribution in [-0.2, 0) is 9.59 Å². The fraction of sp³-hybridized carbons (Fsp3) is 0.182. The van der Waals surface area contributed by atoms with Gasteiger partial charge in [0.2, 0.25) is 0 Å². The molecule has 2 aliphatic rings. The summed E-state index contributed by atoms with van der Waals surface area (Å²) in [6.07, 6.45) is 10.6. The molecule has 3 N–H and O–H groups in total. The van der Waals surface area contributed by atoms with E-state index in [9.17, 15) is 33.2 Å². The van der Waals surface area contributed by atoms with Gasteiger partial charge in [0, 0.05) is 75.9 Å². The first-order valence-electron chi connectivity index (χ1n) is 20.7. The lowest BCUT2D eigenvalue weighted by molar-refractivity contribution is -0.128. The van der Waals surface area contributed by atoms with Crippen molar-refractivity contribution in [2.45, 2.75) is 0 Å². The summed E-state index contributed by atoms with van der Waals surface area (Å²) >= 11 is 5.57. The molecule has 0 spiro atoms. The van der Waals surface area contributed by atoms with Gasteiger partial charge in [-0.1, -0.05) is 88.5 Å². The lowest BCUT2D eigenvalue weighted by Crippen LogP contribution is -2.52. The highest BCUT2D eigenvalue weighted by Crippen LogP contribution is 2.28. The van der Waals surface area contributed by atoms with Gasteiger partial charge in [0.05, 0.1) is 70.1 Å². The number of Topliss-reactive ketones (excluding diaryl/α,β-unsaturated/α-hetero) is 2. The lowest BCUT2D eigenvalue weighted by atomic mass is 10.1. The van der Waals surface area contributed by atoms with Gasteiger partial charge in [-0.05, 0) is 0 Å². The molecule has 2 aromatic carbocycles. The van der Waals surface area contributed by atoms with Crippen molar-refractivity contribution < 1.29 is 33.2 Å². The quantitative estimate of drug-likeness (QED) is 0.0377. The van der Waals surface area contributed by atoms with E-state index in [1.165, 1.54) is 50.1 Å². The van der Waals surface area contributed by atoms with Gasteiger partial charge in [-0.25, -0.2) is 28.1 Å².